The van der Waals surface area contributed by atoms with Crippen LogP contribution in [-0.4, -0.2) is 76.6 Å². The Labute approximate surface area is 326 Å². The van der Waals surface area contributed by atoms with Gasteiger partial charge in [0.15, 0.2) is 5.52 Å². The van der Waals surface area contributed by atoms with E-state index >= 15 is 8.78 Å². The van der Waals surface area contributed by atoms with Gasteiger partial charge < -0.3 is 5.32 Å². The molecular formula is C39H40F5N9O5. The van der Waals surface area contributed by atoms with Gasteiger partial charge in [-0.05, 0) is 80.8 Å². The van der Waals surface area contributed by atoms with Crippen LogP contribution >= 0.6 is 0 Å². The molecule has 14 nitrogen and oxygen atoms in total. The van der Waals surface area contributed by atoms with Crippen molar-refractivity contribution in [3.05, 3.63) is 86.5 Å². The molecule has 0 bridgehead atoms. The molecule has 306 valence electrons. The number of imidazole rings is 1. The summed E-state index contributed by atoms with van der Waals surface area (Å²) in [5.41, 5.74) is -1.47. The van der Waals surface area contributed by atoms with Gasteiger partial charge in [0.1, 0.15) is 23.2 Å². The lowest BCUT2D eigenvalue weighted by molar-refractivity contribution is -0.141. The first-order valence-electron chi connectivity index (χ1n) is 19.1. The minimum Gasteiger partial charge on any atom is -0.307 e. The van der Waals surface area contributed by atoms with E-state index in [0.29, 0.717) is 47.9 Å². The standard InChI is InChI=1S/C39H40F5N9O5/c1-49-30(46-34(55)26-6-4-8-29(45-26)39(42,43)44)17-22-19-52(48-32(22)36(49)57)23-11-9-21(10-12-23)18-51-16-15-25(38(40,41)20-51)24-5-3-7-27-33(24)50(2)37(58)53(27)28-13-14-31(54)47-35(28)56/h3-8,17,19,21,23,25,28H,9-16,18,20H2,1-2H3,(H,46,55)(H,47,54,56)/t21?,23?,25-,28?/m0/s1. The number of rotatable bonds is 7. The summed E-state index contributed by atoms with van der Waals surface area (Å²) in [5, 5.41) is 9.73. The second-order valence-electron chi connectivity index (χ2n) is 15.6. The van der Waals surface area contributed by atoms with Gasteiger partial charge in [0.2, 0.25) is 11.8 Å². The zero-order valence-electron chi connectivity index (χ0n) is 31.6. The number of imide groups is 1. The third kappa shape index (κ3) is 7.08. The second kappa shape index (κ2) is 14.6. The van der Waals surface area contributed by atoms with E-state index < -0.39 is 71.0 Å². The molecule has 3 fully saturated rings. The molecule has 0 radical (unpaired) electrons. The summed E-state index contributed by atoms with van der Waals surface area (Å²) in [6.45, 7) is 0.455. The number of amides is 3. The van der Waals surface area contributed by atoms with Crippen LogP contribution in [0.4, 0.5) is 27.8 Å². The average molecular weight is 810 g/mol. The number of nitrogens with zero attached hydrogens (tertiary/aromatic N) is 7. The fourth-order valence-electron chi connectivity index (χ4n) is 8.88. The van der Waals surface area contributed by atoms with Crippen molar-refractivity contribution in [3.8, 4) is 0 Å². The van der Waals surface area contributed by atoms with Crippen LogP contribution in [0.15, 0.2) is 58.3 Å². The fraction of sp³-hybridized carbons (Fsp3) is 0.462. The number of hydrogen-bond donors (Lipinski definition) is 2. The van der Waals surface area contributed by atoms with Crippen molar-refractivity contribution in [1.29, 1.82) is 0 Å². The molecular weight excluding hydrogens is 769 g/mol. The highest BCUT2D eigenvalue weighted by molar-refractivity contribution is 6.03. The highest BCUT2D eigenvalue weighted by Crippen LogP contribution is 2.44. The summed E-state index contributed by atoms with van der Waals surface area (Å²) < 4.78 is 77.2. The van der Waals surface area contributed by atoms with E-state index in [1.54, 1.807) is 34.0 Å². The molecule has 58 heavy (non-hydrogen) atoms. The van der Waals surface area contributed by atoms with Crippen LogP contribution in [0.3, 0.4) is 0 Å². The van der Waals surface area contributed by atoms with E-state index in [-0.39, 0.29) is 42.6 Å². The van der Waals surface area contributed by atoms with Gasteiger partial charge in [-0.3, -0.25) is 47.8 Å². The monoisotopic (exact) mass is 809 g/mol. The van der Waals surface area contributed by atoms with E-state index in [1.165, 1.54) is 29.3 Å². The van der Waals surface area contributed by atoms with Gasteiger partial charge in [0.05, 0.1) is 29.5 Å². The number of para-hydroxylation sites is 1. The third-order valence-corrected chi connectivity index (χ3v) is 11.9. The van der Waals surface area contributed by atoms with Crippen LogP contribution in [0.25, 0.3) is 21.9 Å². The van der Waals surface area contributed by atoms with Crippen molar-refractivity contribution in [3.63, 3.8) is 0 Å². The summed E-state index contributed by atoms with van der Waals surface area (Å²) in [5.74, 6) is -5.99. The Morgan fingerprint density at radius 3 is 2.41 bits per heavy atom. The zero-order chi connectivity index (χ0) is 41.3. The maximum atomic E-state index is 16.1. The Morgan fingerprint density at radius 2 is 1.71 bits per heavy atom. The lowest BCUT2D eigenvalue weighted by Gasteiger charge is -2.41. The van der Waals surface area contributed by atoms with E-state index in [0.717, 1.165) is 35.6 Å². The first-order chi connectivity index (χ1) is 27.5. The number of carbonyl (C=O) groups excluding carboxylic acids is 3. The third-order valence-electron chi connectivity index (χ3n) is 11.9. The topological polar surface area (TPSA) is 158 Å². The van der Waals surface area contributed by atoms with Gasteiger partial charge in [0, 0.05) is 38.6 Å². The molecule has 3 amide bonds. The zero-order valence-corrected chi connectivity index (χ0v) is 31.6. The number of pyridine rings is 2. The molecule has 2 saturated heterocycles. The molecule has 2 aliphatic heterocycles. The SMILES string of the molecule is Cn1c(NC(=O)c2cccc(C(F)(F)F)n2)cc2cn(C3CCC(CN4CC[C@@H](c5cccc6c5n(C)c(=O)n6C5CCC(=O)NC5=O)C(F)(F)C4)CC3)nc2c1=O. The van der Waals surface area contributed by atoms with Gasteiger partial charge in [-0.1, -0.05) is 18.2 Å². The molecule has 1 unspecified atom stereocenters. The molecule has 19 heteroatoms. The van der Waals surface area contributed by atoms with Crippen molar-refractivity contribution in [2.75, 3.05) is 25.0 Å². The van der Waals surface area contributed by atoms with Gasteiger partial charge in [0.25, 0.3) is 17.4 Å². The molecule has 3 aliphatic rings. The highest BCUT2D eigenvalue weighted by atomic mass is 19.4. The number of likely N-dealkylation sites (tertiary alicyclic amines) is 1. The van der Waals surface area contributed by atoms with Crippen molar-refractivity contribution < 1.29 is 36.3 Å². The summed E-state index contributed by atoms with van der Waals surface area (Å²) in [7, 11) is 2.92. The van der Waals surface area contributed by atoms with Crippen LogP contribution in [0.2, 0.25) is 0 Å². The largest absolute Gasteiger partial charge is 0.433 e. The highest BCUT2D eigenvalue weighted by Gasteiger charge is 2.47. The van der Waals surface area contributed by atoms with E-state index in [9.17, 15) is 37.1 Å². The number of nitrogens with one attached hydrogen (secondary N) is 2. The number of alkyl halides is 5. The second-order valence-corrected chi connectivity index (χ2v) is 15.6. The minimum absolute atomic E-state index is 0.0527. The molecule has 0 spiro atoms. The average Bonchev–Trinajstić information content (AvgIpc) is 3.72. The Balaban J connectivity index is 0.914. The molecule has 1 aromatic carbocycles. The van der Waals surface area contributed by atoms with Crippen molar-refractivity contribution in [2.45, 2.75) is 75.0 Å². The van der Waals surface area contributed by atoms with Gasteiger partial charge in [-0.15, -0.1) is 0 Å². The first kappa shape index (κ1) is 39.1. The molecule has 2 N–H and O–H groups in total. The maximum absolute atomic E-state index is 16.1. The minimum atomic E-state index is -4.74. The summed E-state index contributed by atoms with van der Waals surface area (Å²) in [6, 6.07) is 8.40. The van der Waals surface area contributed by atoms with Crippen molar-refractivity contribution in [2.24, 2.45) is 20.0 Å². The summed E-state index contributed by atoms with van der Waals surface area (Å²) >= 11 is 0. The lowest BCUT2D eigenvalue weighted by Crippen LogP contribution is -2.49. The molecule has 1 aliphatic carbocycles. The number of aromatic nitrogens is 6. The fourth-order valence-corrected chi connectivity index (χ4v) is 8.88. The number of hydrogen-bond acceptors (Lipinski definition) is 8. The summed E-state index contributed by atoms with van der Waals surface area (Å²) in [6.07, 6.45) is 0.192. The molecule has 2 atom stereocenters. The number of halogens is 5. The number of aryl methyl sites for hydroxylation is 1. The Bertz CT molecular complexity index is 2580. The van der Waals surface area contributed by atoms with E-state index in [1.807, 2.05) is 0 Å². The molecule has 4 aromatic heterocycles. The number of piperidine rings is 2. The lowest BCUT2D eigenvalue weighted by atomic mass is 9.83. The number of benzene rings is 1. The quantitative estimate of drug-likeness (QED) is 0.174. The number of anilines is 1. The molecule has 5 aromatic rings. The van der Waals surface area contributed by atoms with Crippen LogP contribution < -0.4 is 21.9 Å². The normalized spacial score (nSPS) is 23.0. The van der Waals surface area contributed by atoms with Gasteiger partial charge in [-0.2, -0.15) is 18.3 Å². The molecule has 8 rings (SSSR count). The van der Waals surface area contributed by atoms with Crippen molar-refractivity contribution in [1.82, 2.24) is 38.7 Å². The smallest absolute Gasteiger partial charge is 0.307 e. The van der Waals surface area contributed by atoms with Gasteiger partial charge in [-0.25, -0.2) is 18.6 Å². The maximum Gasteiger partial charge on any atom is 0.433 e. The number of carbonyl (C=O) groups is 3. The Hall–Kier alpha value is -5.72. The number of fused-ring (bicyclic) bond motifs is 2. The predicted octanol–water partition coefficient (Wildman–Crippen LogP) is 4.89. The molecule has 6 heterocycles. The van der Waals surface area contributed by atoms with Crippen molar-refractivity contribution >= 4 is 45.5 Å². The first-order valence-corrected chi connectivity index (χ1v) is 19.1. The Kier molecular flexibility index (Phi) is 9.84. The van der Waals surface area contributed by atoms with Gasteiger partial charge >= 0.3 is 11.9 Å². The van der Waals surface area contributed by atoms with Crippen LogP contribution in [0.1, 0.15) is 84.7 Å². The predicted molar refractivity (Wildman–Crippen MR) is 201 cm³/mol. The van der Waals surface area contributed by atoms with Crippen LogP contribution in [-0.2, 0) is 29.9 Å². The van der Waals surface area contributed by atoms with E-state index in [4.69, 9.17) is 0 Å². The Morgan fingerprint density at radius 1 is 0.966 bits per heavy atom. The summed E-state index contributed by atoms with van der Waals surface area (Å²) in [4.78, 5) is 69.1. The van der Waals surface area contributed by atoms with Crippen LogP contribution in [0, 0.1) is 5.92 Å². The van der Waals surface area contributed by atoms with E-state index in [2.05, 4.69) is 20.7 Å². The molecule has 1 saturated carbocycles. The van der Waals surface area contributed by atoms with Crippen LogP contribution in [0.5, 0.6) is 0 Å².